The second-order valence-corrected chi connectivity index (χ2v) is 3.68. The standard InChI is InChI=1S/C14H26N/c1-4-7-9-11-13-15(6-3)14-12-10-8-5-2/h7-10H,3-6,11-14H2,1-2H3. The highest BCUT2D eigenvalue weighted by atomic mass is 15.1. The fraction of sp³-hybridized carbons (Fsp3) is 0.643. The van der Waals surface area contributed by atoms with E-state index >= 15 is 0 Å². The number of nitrogens with zero attached hydrogens (tertiary/aromatic N) is 1. The highest BCUT2D eigenvalue weighted by Gasteiger charge is 1.98. The highest BCUT2D eigenvalue weighted by Crippen LogP contribution is 1.97. The minimum absolute atomic E-state index is 0.917. The third-order valence-corrected chi connectivity index (χ3v) is 2.34. The minimum atomic E-state index is 0.917. The third kappa shape index (κ3) is 9.74. The first kappa shape index (κ1) is 14.4. The molecule has 0 amide bonds. The Kier molecular flexibility index (Phi) is 11.1. The maximum atomic E-state index is 3.96. The molecule has 0 bridgehead atoms. The number of allylic oxidation sites excluding steroid dienone is 2. The van der Waals surface area contributed by atoms with Crippen molar-refractivity contribution in [3.05, 3.63) is 31.2 Å². The fourth-order valence-corrected chi connectivity index (χ4v) is 1.42. The summed E-state index contributed by atoms with van der Waals surface area (Å²) in [7, 11) is 0. The molecule has 15 heavy (non-hydrogen) atoms. The molecule has 0 unspecified atom stereocenters. The molecule has 0 aromatic carbocycles. The maximum absolute atomic E-state index is 3.96. The summed E-state index contributed by atoms with van der Waals surface area (Å²) in [6, 6.07) is 0. The number of hydrogen-bond donors (Lipinski definition) is 0. The van der Waals surface area contributed by atoms with Crippen LogP contribution in [0.3, 0.4) is 0 Å². The van der Waals surface area contributed by atoms with Crippen LogP contribution in [0.4, 0.5) is 0 Å². The molecule has 1 nitrogen and oxygen atoms in total. The van der Waals surface area contributed by atoms with Crippen molar-refractivity contribution >= 4 is 0 Å². The average molecular weight is 208 g/mol. The van der Waals surface area contributed by atoms with Crippen LogP contribution in [0.2, 0.25) is 0 Å². The first-order chi connectivity index (χ1) is 7.35. The van der Waals surface area contributed by atoms with Gasteiger partial charge in [0.05, 0.1) is 0 Å². The van der Waals surface area contributed by atoms with E-state index in [2.05, 4.69) is 50.0 Å². The molecule has 0 saturated heterocycles. The summed E-state index contributed by atoms with van der Waals surface area (Å²) >= 11 is 0. The molecule has 0 rings (SSSR count). The lowest BCUT2D eigenvalue weighted by atomic mass is 10.3. The van der Waals surface area contributed by atoms with Gasteiger partial charge in [-0.2, -0.15) is 0 Å². The molecule has 0 aromatic rings. The van der Waals surface area contributed by atoms with Crippen molar-refractivity contribution in [2.24, 2.45) is 0 Å². The van der Waals surface area contributed by atoms with Crippen molar-refractivity contribution in [3.63, 3.8) is 0 Å². The van der Waals surface area contributed by atoms with Crippen molar-refractivity contribution < 1.29 is 0 Å². The second kappa shape index (κ2) is 11.5. The van der Waals surface area contributed by atoms with Gasteiger partial charge in [-0.3, -0.25) is 0 Å². The smallest absolute Gasteiger partial charge is 0.00160 e. The normalized spacial score (nSPS) is 12.3. The number of rotatable bonds is 9. The van der Waals surface area contributed by atoms with Gasteiger partial charge >= 0.3 is 0 Å². The van der Waals surface area contributed by atoms with Gasteiger partial charge < -0.3 is 4.90 Å². The second-order valence-electron chi connectivity index (χ2n) is 3.68. The quantitative estimate of drug-likeness (QED) is 0.520. The predicted molar refractivity (Wildman–Crippen MR) is 69.9 cm³/mol. The Balaban J connectivity index is 3.54. The van der Waals surface area contributed by atoms with Crippen LogP contribution in [0.25, 0.3) is 0 Å². The van der Waals surface area contributed by atoms with Crippen LogP contribution in [0, 0.1) is 6.92 Å². The van der Waals surface area contributed by atoms with Crippen LogP contribution < -0.4 is 0 Å². The zero-order chi connectivity index (χ0) is 11.4. The van der Waals surface area contributed by atoms with Crippen molar-refractivity contribution in [1.29, 1.82) is 0 Å². The van der Waals surface area contributed by atoms with E-state index in [0.29, 0.717) is 0 Å². The lowest BCUT2D eigenvalue weighted by molar-refractivity contribution is 0.313. The van der Waals surface area contributed by atoms with Crippen molar-refractivity contribution in [1.82, 2.24) is 4.90 Å². The van der Waals surface area contributed by atoms with E-state index < -0.39 is 0 Å². The molecule has 0 aliphatic heterocycles. The monoisotopic (exact) mass is 208 g/mol. The molecule has 0 aliphatic rings. The van der Waals surface area contributed by atoms with Crippen LogP contribution in [0.1, 0.15) is 39.5 Å². The Morgan fingerprint density at radius 1 is 0.867 bits per heavy atom. The van der Waals surface area contributed by atoms with Crippen LogP contribution in [0.15, 0.2) is 24.3 Å². The van der Waals surface area contributed by atoms with E-state index in [1.165, 1.54) is 0 Å². The van der Waals surface area contributed by atoms with E-state index in [4.69, 9.17) is 0 Å². The summed E-state index contributed by atoms with van der Waals surface area (Å²) in [6.45, 7) is 11.5. The third-order valence-electron chi connectivity index (χ3n) is 2.34. The van der Waals surface area contributed by atoms with Crippen molar-refractivity contribution in [2.75, 3.05) is 19.6 Å². The molecule has 0 saturated carbocycles. The Morgan fingerprint density at radius 3 is 1.67 bits per heavy atom. The summed E-state index contributed by atoms with van der Waals surface area (Å²) in [4.78, 5) is 2.40. The molecule has 0 spiro atoms. The minimum Gasteiger partial charge on any atom is -0.303 e. The fourth-order valence-electron chi connectivity index (χ4n) is 1.42. The SMILES string of the molecule is [CH2]CN(CCC=CCC)CCC=CCC. The number of hydrogen-bond acceptors (Lipinski definition) is 1. The van der Waals surface area contributed by atoms with E-state index in [1.54, 1.807) is 0 Å². The molecule has 0 N–H and O–H groups in total. The highest BCUT2D eigenvalue weighted by molar-refractivity contribution is 4.83. The van der Waals surface area contributed by atoms with Gasteiger partial charge in [0.25, 0.3) is 0 Å². The van der Waals surface area contributed by atoms with E-state index in [0.717, 1.165) is 45.3 Å². The van der Waals surface area contributed by atoms with Gasteiger partial charge in [-0.25, -0.2) is 0 Å². The largest absolute Gasteiger partial charge is 0.303 e. The zero-order valence-corrected chi connectivity index (χ0v) is 10.4. The first-order valence-corrected chi connectivity index (χ1v) is 6.16. The van der Waals surface area contributed by atoms with Crippen LogP contribution in [0.5, 0.6) is 0 Å². The summed E-state index contributed by atoms with van der Waals surface area (Å²) in [5, 5.41) is 0. The lowest BCUT2D eigenvalue weighted by Crippen LogP contribution is -2.25. The lowest BCUT2D eigenvalue weighted by Gasteiger charge is -2.18. The molecular weight excluding hydrogens is 182 g/mol. The van der Waals surface area contributed by atoms with E-state index in [-0.39, 0.29) is 0 Å². The van der Waals surface area contributed by atoms with E-state index in [9.17, 15) is 0 Å². The van der Waals surface area contributed by atoms with Gasteiger partial charge in [-0.15, -0.1) is 0 Å². The van der Waals surface area contributed by atoms with Gasteiger partial charge in [0.2, 0.25) is 0 Å². The molecule has 1 radical (unpaired) electrons. The summed E-state index contributed by atoms with van der Waals surface area (Å²) in [5.41, 5.74) is 0. The molecule has 87 valence electrons. The molecule has 0 aromatic heterocycles. The molecule has 0 atom stereocenters. The van der Waals surface area contributed by atoms with Gasteiger partial charge in [0, 0.05) is 13.1 Å². The van der Waals surface area contributed by atoms with Crippen LogP contribution in [-0.4, -0.2) is 24.5 Å². The van der Waals surface area contributed by atoms with Crippen molar-refractivity contribution in [2.45, 2.75) is 39.5 Å². The molecule has 0 heterocycles. The summed E-state index contributed by atoms with van der Waals surface area (Å²) in [6.07, 6.45) is 13.6. The van der Waals surface area contributed by atoms with Crippen LogP contribution in [-0.2, 0) is 0 Å². The average Bonchev–Trinajstić information content (AvgIpc) is 2.27. The Bertz CT molecular complexity index is 152. The molecular formula is C14H26N. The topological polar surface area (TPSA) is 3.24 Å². The maximum Gasteiger partial charge on any atom is 0.00160 e. The Hall–Kier alpha value is -0.560. The summed E-state index contributed by atoms with van der Waals surface area (Å²) < 4.78 is 0. The van der Waals surface area contributed by atoms with Crippen LogP contribution >= 0.6 is 0 Å². The first-order valence-electron chi connectivity index (χ1n) is 6.16. The van der Waals surface area contributed by atoms with Gasteiger partial charge in [-0.05, 0) is 39.2 Å². The van der Waals surface area contributed by atoms with E-state index in [1.807, 2.05) is 0 Å². The predicted octanol–water partition coefficient (Wildman–Crippen LogP) is 3.84. The van der Waals surface area contributed by atoms with Gasteiger partial charge in [0.15, 0.2) is 0 Å². The summed E-state index contributed by atoms with van der Waals surface area (Å²) in [5.74, 6) is 0. The van der Waals surface area contributed by atoms with Crippen molar-refractivity contribution in [3.8, 4) is 0 Å². The zero-order valence-electron chi connectivity index (χ0n) is 10.4. The van der Waals surface area contributed by atoms with Gasteiger partial charge in [0.1, 0.15) is 0 Å². The Morgan fingerprint density at radius 2 is 1.33 bits per heavy atom. The Labute approximate surface area is 95.9 Å². The molecule has 0 fully saturated rings. The van der Waals surface area contributed by atoms with Gasteiger partial charge in [-0.1, -0.05) is 38.2 Å². The molecule has 0 aliphatic carbocycles. The molecule has 1 heteroatoms.